The second-order valence-electron chi connectivity index (χ2n) is 5.42. The Labute approximate surface area is 83.5 Å². The molecule has 0 radical (unpaired) electrons. The van der Waals surface area contributed by atoms with E-state index in [1.54, 1.807) is 0 Å². The molecule has 0 aliphatic carbocycles. The van der Waals surface area contributed by atoms with Gasteiger partial charge in [0.15, 0.2) is 0 Å². The van der Waals surface area contributed by atoms with Crippen LogP contribution < -0.4 is 5.73 Å². The zero-order chi connectivity index (χ0) is 9.90. The third-order valence-corrected chi connectivity index (χ3v) is 4.05. The average molecular weight is 200 g/mol. The first-order valence-electron chi connectivity index (χ1n) is 5.47. The first-order valence-corrected chi connectivity index (χ1v) is 9.18. The van der Waals surface area contributed by atoms with Crippen LogP contribution in [0, 0.1) is 0 Å². The van der Waals surface area contributed by atoms with E-state index < -0.39 is 8.07 Å². The van der Waals surface area contributed by atoms with Crippen molar-refractivity contribution in [3.63, 3.8) is 0 Å². The van der Waals surface area contributed by atoms with E-state index in [1.165, 1.54) is 32.0 Å². The number of hydrogen-bond donors (Lipinski definition) is 1. The third-order valence-electron chi connectivity index (χ3n) is 2.70. The lowest BCUT2D eigenvalue weighted by atomic mass is 10.0. The van der Waals surface area contributed by atoms with Crippen LogP contribution >= 0.6 is 0 Å². The Morgan fingerprint density at radius 1 is 1.31 bits per heavy atom. The number of piperidine rings is 1. The fourth-order valence-electron chi connectivity index (χ4n) is 2.14. The molecule has 0 spiro atoms. The van der Waals surface area contributed by atoms with Crippen LogP contribution in [-0.4, -0.2) is 38.3 Å². The van der Waals surface area contributed by atoms with E-state index in [0.29, 0.717) is 6.04 Å². The lowest BCUT2D eigenvalue weighted by Gasteiger charge is -2.38. The second-order valence-corrected chi connectivity index (χ2v) is 10.9. The molecule has 1 aliphatic rings. The molecule has 0 aromatic rings. The molecule has 0 amide bonds. The Bertz CT molecular complexity index is 153. The van der Waals surface area contributed by atoms with Crippen LogP contribution in [-0.2, 0) is 0 Å². The van der Waals surface area contributed by atoms with Crippen molar-refractivity contribution in [3.8, 4) is 0 Å². The van der Waals surface area contributed by atoms with Crippen LogP contribution in [0.1, 0.15) is 19.3 Å². The SMILES string of the molecule is C[Si](C)(C)CN1CCCCC1CN. The van der Waals surface area contributed by atoms with E-state index in [4.69, 9.17) is 5.73 Å². The molecule has 0 aromatic heterocycles. The molecule has 3 heteroatoms. The van der Waals surface area contributed by atoms with E-state index in [0.717, 1.165) is 6.54 Å². The predicted molar refractivity (Wildman–Crippen MR) is 61.6 cm³/mol. The van der Waals surface area contributed by atoms with Gasteiger partial charge in [-0.25, -0.2) is 0 Å². The zero-order valence-corrected chi connectivity index (χ0v) is 10.3. The van der Waals surface area contributed by atoms with Crippen molar-refractivity contribution in [2.24, 2.45) is 5.73 Å². The largest absolute Gasteiger partial charge is 0.329 e. The van der Waals surface area contributed by atoms with E-state index >= 15 is 0 Å². The van der Waals surface area contributed by atoms with Crippen molar-refractivity contribution in [3.05, 3.63) is 0 Å². The summed E-state index contributed by atoms with van der Waals surface area (Å²) >= 11 is 0. The molecule has 1 saturated heterocycles. The molecular formula is C10H24N2Si. The smallest absolute Gasteiger partial charge is 0.0599 e. The molecule has 0 saturated carbocycles. The molecule has 13 heavy (non-hydrogen) atoms. The molecule has 1 aliphatic heterocycles. The van der Waals surface area contributed by atoms with Crippen molar-refractivity contribution in [2.75, 3.05) is 19.3 Å². The normalized spacial score (nSPS) is 26.3. The van der Waals surface area contributed by atoms with Crippen molar-refractivity contribution in [2.45, 2.75) is 44.9 Å². The molecule has 1 heterocycles. The summed E-state index contributed by atoms with van der Waals surface area (Å²) in [4.78, 5) is 2.63. The summed E-state index contributed by atoms with van der Waals surface area (Å²) < 4.78 is 0. The third kappa shape index (κ3) is 3.79. The molecule has 1 unspecified atom stereocenters. The van der Waals surface area contributed by atoms with Gasteiger partial charge in [0.1, 0.15) is 0 Å². The first-order chi connectivity index (χ1) is 6.03. The van der Waals surface area contributed by atoms with Crippen LogP contribution in [0.5, 0.6) is 0 Å². The number of hydrogen-bond acceptors (Lipinski definition) is 2. The number of nitrogens with zero attached hydrogens (tertiary/aromatic N) is 1. The maximum atomic E-state index is 5.79. The van der Waals surface area contributed by atoms with Crippen LogP contribution in [0.25, 0.3) is 0 Å². The predicted octanol–water partition coefficient (Wildman–Crippen LogP) is 1.68. The maximum Gasteiger partial charge on any atom is 0.0599 e. The molecule has 1 atom stereocenters. The van der Waals surface area contributed by atoms with Crippen LogP contribution in [0.3, 0.4) is 0 Å². The number of nitrogens with two attached hydrogens (primary N) is 1. The molecule has 78 valence electrons. The van der Waals surface area contributed by atoms with Gasteiger partial charge in [0.05, 0.1) is 8.07 Å². The van der Waals surface area contributed by atoms with Crippen molar-refractivity contribution >= 4 is 8.07 Å². The number of likely N-dealkylation sites (tertiary alicyclic amines) is 1. The van der Waals surface area contributed by atoms with Crippen LogP contribution in [0.4, 0.5) is 0 Å². The van der Waals surface area contributed by atoms with E-state index in [9.17, 15) is 0 Å². The minimum atomic E-state index is -0.932. The highest BCUT2D eigenvalue weighted by Gasteiger charge is 2.25. The van der Waals surface area contributed by atoms with Gasteiger partial charge in [-0.15, -0.1) is 0 Å². The second kappa shape index (κ2) is 4.58. The molecule has 1 rings (SSSR count). The Hall–Kier alpha value is 0.137. The highest BCUT2D eigenvalue weighted by atomic mass is 28.3. The van der Waals surface area contributed by atoms with E-state index in [-0.39, 0.29) is 0 Å². The van der Waals surface area contributed by atoms with Gasteiger partial charge in [0.2, 0.25) is 0 Å². The average Bonchev–Trinajstić information content (AvgIpc) is 2.02. The summed E-state index contributed by atoms with van der Waals surface area (Å²) in [6, 6.07) is 0.681. The van der Waals surface area contributed by atoms with Gasteiger partial charge in [-0.1, -0.05) is 26.1 Å². The molecule has 2 N–H and O–H groups in total. The number of rotatable bonds is 3. The molecule has 1 fully saturated rings. The lowest BCUT2D eigenvalue weighted by Crippen LogP contribution is -2.50. The Morgan fingerprint density at radius 2 is 2.00 bits per heavy atom. The summed E-state index contributed by atoms with van der Waals surface area (Å²) in [6.45, 7) is 9.45. The van der Waals surface area contributed by atoms with Gasteiger partial charge in [-0.05, 0) is 25.6 Å². The maximum absolute atomic E-state index is 5.79. The fourth-order valence-corrected chi connectivity index (χ4v) is 3.78. The van der Waals surface area contributed by atoms with Crippen molar-refractivity contribution < 1.29 is 0 Å². The summed E-state index contributed by atoms with van der Waals surface area (Å²) in [5, 5.41) is 0. The minimum Gasteiger partial charge on any atom is -0.329 e. The highest BCUT2D eigenvalue weighted by molar-refractivity contribution is 6.76. The van der Waals surface area contributed by atoms with Gasteiger partial charge in [0.25, 0.3) is 0 Å². The molecular weight excluding hydrogens is 176 g/mol. The van der Waals surface area contributed by atoms with Gasteiger partial charge in [0, 0.05) is 12.6 Å². The lowest BCUT2D eigenvalue weighted by molar-refractivity contribution is 0.176. The molecule has 0 bridgehead atoms. The van der Waals surface area contributed by atoms with Gasteiger partial charge in [-0.3, -0.25) is 0 Å². The van der Waals surface area contributed by atoms with Gasteiger partial charge in [-0.2, -0.15) is 0 Å². The summed E-state index contributed by atoms with van der Waals surface area (Å²) in [5.41, 5.74) is 5.79. The Morgan fingerprint density at radius 3 is 2.54 bits per heavy atom. The topological polar surface area (TPSA) is 29.3 Å². The standard InChI is InChI=1S/C10H24N2Si/c1-13(2,3)9-12-7-5-4-6-10(12)8-11/h10H,4-9,11H2,1-3H3. The highest BCUT2D eigenvalue weighted by Crippen LogP contribution is 2.18. The first kappa shape index (κ1) is 11.2. The van der Waals surface area contributed by atoms with E-state index in [2.05, 4.69) is 24.5 Å². The minimum absolute atomic E-state index is 0.681. The summed E-state index contributed by atoms with van der Waals surface area (Å²) in [7, 11) is -0.932. The summed E-state index contributed by atoms with van der Waals surface area (Å²) in [6.07, 6.45) is 5.40. The van der Waals surface area contributed by atoms with Crippen molar-refractivity contribution in [1.29, 1.82) is 0 Å². The Balaban J connectivity index is 2.45. The van der Waals surface area contributed by atoms with Crippen LogP contribution in [0.15, 0.2) is 0 Å². The van der Waals surface area contributed by atoms with Crippen LogP contribution in [0.2, 0.25) is 19.6 Å². The van der Waals surface area contributed by atoms with Gasteiger partial charge < -0.3 is 10.6 Å². The monoisotopic (exact) mass is 200 g/mol. The molecule has 2 nitrogen and oxygen atoms in total. The zero-order valence-electron chi connectivity index (χ0n) is 9.34. The van der Waals surface area contributed by atoms with E-state index in [1.807, 2.05) is 0 Å². The molecule has 0 aromatic carbocycles. The Kier molecular flexibility index (Phi) is 3.95. The fraction of sp³-hybridized carbons (Fsp3) is 1.00. The van der Waals surface area contributed by atoms with Crippen molar-refractivity contribution in [1.82, 2.24) is 4.90 Å². The summed E-state index contributed by atoms with van der Waals surface area (Å²) in [5.74, 6) is 0. The van der Waals surface area contributed by atoms with Gasteiger partial charge >= 0.3 is 0 Å². The quantitative estimate of drug-likeness (QED) is 0.702.